The SMILES string of the molecule is CC([C]=O)NC(C)(C)C. The largest absolute Gasteiger partial charge is 0.303 e. The lowest BCUT2D eigenvalue weighted by Crippen LogP contribution is -2.42. The van der Waals surface area contributed by atoms with E-state index in [1.165, 1.54) is 0 Å². The monoisotopic (exact) mass is 128 g/mol. The molecule has 0 bridgehead atoms. The Balaban J connectivity index is 3.59. The Labute approximate surface area is 56.6 Å². The van der Waals surface area contributed by atoms with Gasteiger partial charge in [0, 0.05) is 5.54 Å². The van der Waals surface area contributed by atoms with E-state index in [9.17, 15) is 4.79 Å². The summed E-state index contributed by atoms with van der Waals surface area (Å²) >= 11 is 0. The molecule has 0 amide bonds. The van der Waals surface area contributed by atoms with E-state index in [0.29, 0.717) is 0 Å². The van der Waals surface area contributed by atoms with Crippen molar-refractivity contribution >= 4 is 6.29 Å². The number of nitrogens with one attached hydrogen (secondary N) is 1. The molecule has 0 aliphatic heterocycles. The highest BCUT2D eigenvalue weighted by atomic mass is 16.1. The van der Waals surface area contributed by atoms with Crippen LogP contribution in [-0.2, 0) is 4.79 Å². The van der Waals surface area contributed by atoms with Crippen LogP contribution in [0.2, 0.25) is 0 Å². The van der Waals surface area contributed by atoms with Crippen molar-refractivity contribution in [1.29, 1.82) is 0 Å². The zero-order valence-corrected chi connectivity index (χ0v) is 6.49. The maximum Gasteiger partial charge on any atom is 0.216 e. The first-order chi connectivity index (χ1) is 3.95. The van der Waals surface area contributed by atoms with Crippen LogP contribution < -0.4 is 5.32 Å². The highest BCUT2D eigenvalue weighted by molar-refractivity contribution is 5.57. The van der Waals surface area contributed by atoms with Crippen molar-refractivity contribution in [3.63, 3.8) is 0 Å². The molecule has 0 spiro atoms. The molecule has 2 heteroatoms. The molecular weight excluding hydrogens is 114 g/mol. The Hall–Kier alpha value is -0.370. The molecule has 0 saturated heterocycles. The maximum absolute atomic E-state index is 10.00. The fourth-order valence-electron chi connectivity index (χ4n) is 0.679. The van der Waals surface area contributed by atoms with E-state index in [4.69, 9.17) is 0 Å². The lowest BCUT2D eigenvalue weighted by molar-refractivity contribution is 0.402. The zero-order chi connectivity index (χ0) is 7.49. The molecule has 1 atom stereocenters. The molecule has 0 rings (SSSR count). The molecule has 1 unspecified atom stereocenters. The van der Waals surface area contributed by atoms with Gasteiger partial charge in [-0.25, -0.2) is 0 Å². The van der Waals surface area contributed by atoms with Gasteiger partial charge < -0.3 is 5.32 Å². The molecule has 0 aliphatic rings. The third-order valence-electron chi connectivity index (χ3n) is 0.826. The molecule has 0 aromatic heterocycles. The summed E-state index contributed by atoms with van der Waals surface area (Å²) in [6.07, 6.45) is 1.86. The Morgan fingerprint density at radius 3 is 2.00 bits per heavy atom. The smallest absolute Gasteiger partial charge is 0.216 e. The number of rotatable bonds is 2. The van der Waals surface area contributed by atoms with Gasteiger partial charge >= 0.3 is 0 Å². The summed E-state index contributed by atoms with van der Waals surface area (Å²) < 4.78 is 0. The first-order valence-electron chi connectivity index (χ1n) is 3.11. The average molecular weight is 128 g/mol. The fourth-order valence-corrected chi connectivity index (χ4v) is 0.679. The second-order valence-electron chi connectivity index (χ2n) is 3.23. The molecular formula is C7H14NO. The van der Waals surface area contributed by atoms with Gasteiger partial charge in [-0.1, -0.05) is 0 Å². The molecule has 0 saturated carbocycles. The van der Waals surface area contributed by atoms with Gasteiger partial charge in [0.05, 0.1) is 6.04 Å². The summed E-state index contributed by atoms with van der Waals surface area (Å²) in [5, 5.41) is 3.05. The minimum atomic E-state index is -0.162. The van der Waals surface area contributed by atoms with Crippen molar-refractivity contribution in [3.8, 4) is 0 Å². The van der Waals surface area contributed by atoms with Crippen LogP contribution in [0, 0.1) is 0 Å². The topological polar surface area (TPSA) is 29.1 Å². The lowest BCUT2D eigenvalue weighted by Gasteiger charge is -2.22. The Morgan fingerprint density at radius 2 is 1.89 bits per heavy atom. The summed E-state index contributed by atoms with van der Waals surface area (Å²) in [6, 6.07) is -0.162. The molecule has 0 heterocycles. The van der Waals surface area contributed by atoms with Gasteiger partial charge in [0.15, 0.2) is 0 Å². The average Bonchev–Trinajstić information content (AvgIpc) is 1.62. The zero-order valence-electron chi connectivity index (χ0n) is 6.49. The summed E-state index contributed by atoms with van der Waals surface area (Å²) in [5.41, 5.74) is 0.0107. The van der Waals surface area contributed by atoms with Crippen LogP contribution in [0.25, 0.3) is 0 Å². The third-order valence-corrected chi connectivity index (χ3v) is 0.826. The van der Waals surface area contributed by atoms with E-state index >= 15 is 0 Å². The minimum Gasteiger partial charge on any atom is -0.303 e. The molecule has 0 aromatic carbocycles. The van der Waals surface area contributed by atoms with Gasteiger partial charge in [0.25, 0.3) is 0 Å². The van der Waals surface area contributed by atoms with Crippen LogP contribution in [0.1, 0.15) is 27.7 Å². The van der Waals surface area contributed by atoms with Crippen LogP contribution in [0.5, 0.6) is 0 Å². The molecule has 0 aliphatic carbocycles. The van der Waals surface area contributed by atoms with Crippen molar-refractivity contribution in [2.45, 2.75) is 39.3 Å². The van der Waals surface area contributed by atoms with Crippen LogP contribution in [0.4, 0.5) is 0 Å². The van der Waals surface area contributed by atoms with Crippen LogP contribution in [0.15, 0.2) is 0 Å². The van der Waals surface area contributed by atoms with E-state index < -0.39 is 0 Å². The van der Waals surface area contributed by atoms with Crippen LogP contribution in [0.3, 0.4) is 0 Å². The number of hydrogen-bond acceptors (Lipinski definition) is 2. The second-order valence-corrected chi connectivity index (χ2v) is 3.23. The first kappa shape index (κ1) is 8.63. The van der Waals surface area contributed by atoms with Gasteiger partial charge in [-0.15, -0.1) is 0 Å². The van der Waals surface area contributed by atoms with Crippen molar-refractivity contribution in [3.05, 3.63) is 0 Å². The summed E-state index contributed by atoms with van der Waals surface area (Å²) in [4.78, 5) is 10.00. The summed E-state index contributed by atoms with van der Waals surface area (Å²) in [5.74, 6) is 0. The predicted molar refractivity (Wildman–Crippen MR) is 38.0 cm³/mol. The molecule has 2 nitrogen and oxygen atoms in total. The van der Waals surface area contributed by atoms with Crippen molar-refractivity contribution in [1.82, 2.24) is 5.32 Å². The molecule has 53 valence electrons. The molecule has 1 N–H and O–H groups in total. The second kappa shape index (κ2) is 2.97. The van der Waals surface area contributed by atoms with E-state index in [1.807, 2.05) is 27.1 Å². The highest BCUT2D eigenvalue weighted by Gasteiger charge is 2.12. The van der Waals surface area contributed by atoms with Crippen LogP contribution in [-0.4, -0.2) is 17.9 Å². The fraction of sp³-hybridized carbons (Fsp3) is 0.857. The van der Waals surface area contributed by atoms with E-state index in [0.717, 1.165) is 0 Å². The molecule has 0 aromatic rings. The highest BCUT2D eigenvalue weighted by Crippen LogP contribution is 1.98. The first-order valence-corrected chi connectivity index (χ1v) is 3.11. The molecule has 1 radical (unpaired) electrons. The van der Waals surface area contributed by atoms with Gasteiger partial charge in [0.2, 0.25) is 6.29 Å². The maximum atomic E-state index is 10.00. The van der Waals surface area contributed by atoms with Gasteiger partial charge in [-0.05, 0) is 27.7 Å². The summed E-state index contributed by atoms with van der Waals surface area (Å²) in [7, 11) is 0. The quantitative estimate of drug-likeness (QED) is 0.598. The minimum absolute atomic E-state index is 0.0107. The lowest BCUT2D eigenvalue weighted by atomic mass is 10.1. The Kier molecular flexibility index (Phi) is 2.85. The molecule has 0 fully saturated rings. The summed E-state index contributed by atoms with van der Waals surface area (Å²) in [6.45, 7) is 7.83. The van der Waals surface area contributed by atoms with Gasteiger partial charge in [-0.2, -0.15) is 0 Å². The van der Waals surface area contributed by atoms with Crippen molar-refractivity contribution in [2.24, 2.45) is 0 Å². The van der Waals surface area contributed by atoms with E-state index in [2.05, 4.69) is 5.32 Å². The normalized spacial score (nSPS) is 15.1. The van der Waals surface area contributed by atoms with Crippen LogP contribution >= 0.6 is 0 Å². The standard InChI is InChI=1S/C7H14NO/c1-6(5-9)8-7(2,3)4/h6,8H,1-4H3. The van der Waals surface area contributed by atoms with Gasteiger partial charge in [0.1, 0.15) is 0 Å². The van der Waals surface area contributed by atoms with E-state index in [-0.39, 0.29) is 11.6 Å². The van der Waals surface area contributed by atoms with Gasteiger partial charge in [-0.3, -0.25) is 4.79 Å². The molecule has 9 heavy (non-hydrogen) atoms. The Bertz CT molecular complexity index is 93.6. The van der Waals surface area contributed by atoms with Crippen molar-refractivity contribution in [2.75, 3.05) is 0 Å². The Morgan fingerprint density at radius 1 is 1.44 bits per heavy atom. The van der Waals surface area contributed by atoms with E-state index in [1.54, 1.807) is 6.92 Å². The number of carbonyl (C=O) groups excluding carboxylic acids is 1. The third kappa shape index (κ3) is 5.50. The van der Waals surface area contributed by atoms with Crippen molar-refractivity contribution < 1.29 is 4.79 Å². The predicted octanol–water partition coefficient (Wildman–Crippen LogP) is 0.873. The number of hydrogen-bond donors (Lipinski definition) is 1.